The number of rotatable bonds is 4. The number of halogens is 2. The van der Waals surface area contributed by atoms with Gasteiger partial charge in [-0.25, -0.2) is 5.43 Å². The third-order valence-corrected chi connectivity index (χ3v) is 5.02. The molecular weight excluding hydrogens is 466 g/mol. The third-order valence-electron chi connectivity index (χ3n) is 4.00. The molecule has 0 aliphatic carbocycles. The average molecular weight is 481 g/mol. The van der Waals surface area contributed by atoms with Crippen LogP contribution in [0.5, 0.6) is 5.75 Å². The first-order valence-electron chi connectivity index (χ1n) is 7.81. The highest BCUT2D eigenvalue weighted by Gasteiger charge is 2.35. The molecule has 2 N–H and O–H groups in total. The average Bonchev–Trinajstić information content (AvgIpc) is 3.00. The van der Waals surface area contributed by atoms with Crippen molar-refractivity contribution < 1.29 is 14.7 Å². The van der Waals surface area contributed by atoms with Crippen LogP contribution < -0.4 is 10.3 Å². The fourth-order valence-electron chi connectivity index (χ4n) is 2.64. The topological polar surface area (TPSA) is 82.0 Å². The summed E-state index contributed by atoms with van der Waals surface area (Å²) < 4.78 is 1.71. The van der Waals surface area contributed by atoms with E-state index < -0.39 is 5.92 Å². The summed E-state index contributed by atoms with van der Waals surface area (Å²) in [5.74, 6) is -0.840. The molecule has 0 radical (unpaired) electrons. The quantitative estimate of drug-likeness (QED) is 0.519. The lowest BCUT2D eigenvalue weighted by molar-refractivity contribution is -0.126. The second kappa shape index (κ2) is 8.01. The molecule has 1 atom stereocenters. The summed E-state index contributed by atoms with van der Waals surface area (Å²) in [6.45, 7) is 0.309. The highest BCUT2D eigenvalue weighted by atomic mass is 79.9. The van der Waals surface area contributed by atoms with Crippen LogP contribution in [0.15, 0.2) is 56.5 Å². The van der Waals surface area contributed by atoms with Crippen molar-refractivity contribution >= 4 is 55.6 Å². The number of carbonyl (C=O) groups excluding carboxylic acids is 2. The van der Waals surface area contributed by atoms with Crippen molar-refractivity contribution in [1.82, 2.24) is 5.43 Å². The van der Waals surface area contributed by atoms with Crippen LogP contribution in [-0.4, -0.2) is 29.7 Å². The van der Waals surface area contributed by atoms with Crippen molar-refractivity contribution in [1.29, 1.82) is 0 Å². The van der Waals surface area contributed by atoms with Gasteiger partial charge in [0.05, 0.1) is 12.1 Å². The van der Waals surface area contributed by atoms with Crippen LogP contribution in [0, 0.1) is 5.92 Å². The van der Waals surface area contributed by atoms with Gasteiger partial charge in [-0.1, -0.05) is 31.9 Å². The zero-order chi connectivity index (χ0) is 18.7. The molecule has 0 spiro atoms. The molecule has 0 bridgehead atoms. The number of phenols is 1. The van der Waals surface area contributed by atoms with E-state index in [-0.39, 0.29) is 24.0 Å². The van der Waals surface area contributed by atoms with Gasteiger partial charge in [-0.3, -0.25) is 9.59 Å². The molecule has 0 saturated carbocycles. The Kier molecular flexibility index (Phi) is 5.73. The van der Waals surface area contributed by atoms with Crippen LogP contribution in [-0.2, 0) is 9.59 Å². The summed E-state index contributed by atoms with van der Waals surface area (Å²) in [6, 6.07) is 12.3. The largest absolute Gasteiger partial charge is 0.507 e. The van der Waals surface area contributed by atoms with E-state index >= 15 is 0 Å². The summed E-state index contributed by atoms with van der Waals surface area (Å²) in [5, 5.41) is 13.6. The molecule has 26 heavy (non-hydrogen) atoms. The number of nitrogens with one attached hydrogen (secondary N) is 1. The van der Waals surface area contributed by atoms with Crippen LogP contribution in [0.4, 0.5) is 5.69 Å². The van der Waals surface area contributed by atoms with Gasteiger partial charge >= 0.3 is 0 Å². The van der Waals surface area contributed by atoms with Gasteiger partial charge in [0.2, 0.25) is 11.8 Å². The number of carbonyl (C=O) groups is 2. The fraction of sp³-hybridized carbons (Fsp3) is 0.167. The molecule has 1 heterocycles. The molecular formula is C18H15Br2N3O3. The standard InChI is InChI=1S/C18H15Br2N3O3/c19-13-1-4-15(5-2-13)23-10-12(8-17(23)25)18(26)22-21-9-11-7-14(20)3-6-16(11)24/h1-7,9,12,24H,8,10H2,(H,22,26)/b21-9-/t12-/m0/s1. The molecule has 1 fully saturated rings. The van der Waals surface area contributed by atoms with Gasteiger partial charge in [-0.05, 0) is 42.5 Å². The van der Waals surface area contributed by atoms with Crippen molar-refractivity contribution in [3.63, 3.8) is 0 Å². The fourth-order valence-corrected chi connectivity index (χ4v) is 3.28. The number of benzene rings is 2. The molecule has 134 valence electrons. The first-order chi connectivity index (χ1) is 12.4. The summed E-state index contributed by atoms with van der Waals surface area (Å²) in [5.41, 5.74) is 3.67. The van der Waals surface area contributed by atoms with Gasteiger partial charge in [0.1, 0.15) is 5.75 Å². The molecule has 1 aliphatic rings. The van der Waals surface area contributed by atoms with Gasteiger partial charge in [0.15, 0.2) is 0 Å². The van der Waals surface area contributed by atoms with E-state index in [9.17, 15) is 14.7 Å². The number of anilines is 1. The second-order valence-corrected chi connectivity index (χ2v) is 7.65. The van der Waals surface area contributed by atoms with Gasteiger partial charge in [0.25, 0.3) is 0 Å². The SMILES string of the molecule is O=C(N/N=C\c1cc(Br)ccc1O)[C@H]1CC(=O)N(c2ccc(Br)cc2)C1. The van der Waals surface area contributed by atoms with Crippen LogP contribution in [0.3, 0.4) is 0 Å². The summed E-state index contributed by atoms with van der Waals surface area (Å²) in [6.07, 6.45) is 1.50. The van der Waals surface area contributed by atoms with Gasteiger partial charge in [0, 0.05) is 33.2 Å². The Bertz CT molecular complexity index is 868. The lowest BCUT2D eigenvalue weighted by Crippen LogP contribution is -2.30. The highest BCUT2D eigenvalue weighted by Crippen LogP contribution is 2.26. The minimum atomic E-state index is -0.473. The first kappa shape index (κ1) is 18.6. The summed E-state index contributed by atoms with van der Waals surface area (Å²) >= 11 is 6.66. The summed E-state index contributed by atoms with van der Waals surface area (Å²) in [4.78, 5) is 26.1. The molecule has 0 aromatic heterocycles. The monoisotopic (exact) mass is 479 g/mol. The molecule has 1 saturated heterocycles. The Morgan fingerprint density at radius 2 is 1.88 bits per heavy atom. The molecule has 8 heteroatoms. The molecule has 1 aliphatic heterocycles. The van der Waals surface area contributed by atoms with Gasteiger partial charge in [-0.15, -0.1) is 0 Å². The second-order valence-electron chi connectivity index (χ2n) is 5.82. The molecule has 3 rings (SSSR count). The lowest BCUT2D eigenvalue weighted by atomic mass is 10.1. The van der Waals surface area contributed by atoms with Crippen molar-refractivity contribution in [2.24, 2.45) is 11.0 Å². The smallest absolute Gasteiger partial charge is 0.245 e. The molecule has 2 amide bonds. The number of hydrogen-bond donors (Lipinski definition) is 2. The van der Waals surface area contributed by atoms with E-state index in [1.807, 2.05) is 24.3 Å². The molecule has 6 nitrogen and oxygen atoms in total. The van der Waals surface area contributed by atoms with Crippen LogP contribution in [0.25, 0.3) is 0 Å². The minimum Gasteiger partial charge on any atom is -0.507 e. The first-order valence-corrected chi connectivity index (χ1v) is 9.40. The van der Waals surface area contributed by atoms with Crippen molar-refractivity contribution in [3.05, 3.63) is 57.0 Å². The van der Waals surface area contributed by atoms with Gasteiger partial charge in [-0.2, -0.15) is 5.10 Å². The predicted molar refractivity (Wildman–Crippen MR) is 106 cm³/mol. The third kappa shape index (κ3) is 4.31. The van der Waals surface area contributed by atoms with Crippen LogP contribution in [0.2, 0.25) is 0 Å². The van der Waals surface area contributed by atoms with E-state index in [0.29, 0.717) is 12.1 Å². The van der Waals surface area contributed by atoms with E-state index in [0.717, 1.165) is 14.6 Å². The number of nitrogens with zero attached hydrogens (tertiary/aromatic N) is 2. The maximum absolute atomic E-state index is 12.3. The number of hydrogen-bond acceptors (Lipinski definition) is 4. The van der Waals surface area contributed by atoms with E-state index in [2.05, 4.69) is 42.4 Å². The number of aromatic hydroxyl groups is 1. The van der Waals surface area contributed by atoms with E-state index in [4.69, 9.17) is 0 Å². The molecule has 0 unspecified atom stereocenters. The molecule has 2 aromatic carbocycles. The van der Waals surface area contributed by atoms with Gasteiger partial charge < -0.3 is 10.0 Å². The maximum atomic E-state index is 12.3. The zero-order valence-electron chi connectivity index (χ0n) is 13.5. The van der Waals surface area contributed by atoms with Crippen molar-refractivity contribution in [3.8, 4) is 5.75 Å². The minimum absolute atomic E-state index is 0.0589. The maximum Gasteiger partial charge on any atom is 0.245 e. The van der Waals surface area contributed by atoms with Crippen LogP contribution in [0.1, 0.15) is 12.0 Å². The van der Waals surface area contributed by atoms with Crippen molar-refractivity contribution in [2.75, 3.05) is 11.4 Å². The predicted octanol–water partition coefficient (Wildman–Crippen LogP) is 3.42. The van der Waals surface area contributed by atoms with Crippen molar-refractivity contribution in [2.45, 2.75) is 6.42 Å². The van der Waals surface area contributed by atoms with E-state index in [1.54, 1.807) is 17.0 Å². The zero-order valence-corrected chi connectivity index (χ0v) is 16.7. The Hall–Kier alpha value is -2.19. The Labute approximate surface area is 167 Å². The van der Waals surface area contributed by atoms with E-state index in [1.165, 1.54) is 12.3 Å². The Balaban J connectivity index is 1.62. The Morgan fingerprint density at radius 3 is 2.62 bits per heavy atom. The number of hydrazone groups is 1. The number of phenolic OH excluding ortho intramolecular Hbond substituents is 1. The summed E-state index contributed by atoms with van der Waals surface area (Å²) in [7, 11) is 0. The molecule has 2 aromatic rings. The number of amides is 2. The lowest BCUT2D eigenvalue weighted by Gasteiger charge is -2.16. The highest BCUT2D eigenvalue weighted by molar-refractivity contribution is 9.10. The Morgan fingerprint density at radius 1 is 1.19 bits per heavy atom. The normalized spacial score (nSPS) is 17.1. The van der Waals surface area contributed by atoms with Crippen LogP contribution >= 0.6 is 31.9 Å².